The maximum Gasteiger partial charge on any atom is 0.451 e. The number of hydrogen-bond acceptors (Lipinski definition) is 4. The van der Waals surface area contributed by atoms with Crippen LogP contribution in [0.25, 0.3) is 0 Å². The average Bonchev–Trinajstić information content (AvgIpc) is 3.05. The van der Waals surface area contributed by atoms with Crippen LogP contribution in [0.5, 0.6) is 0 Å². The van der Waals surface area contributed by atoms with Crippen molar-refractivity contribution in [2.45, 2.75) is 38.1 Å². The second-order valence-corrected chi connectivity index (χ2v) is 5.09. The highest BCUT2D eigenvalue weighted by Crippen LogP contribution is 2.29. The SMILES string of the molecule is FC(F)(F)c1nnc2n1CCN(CCNC1CC1)C2. The second-order valence-electron chi connectivity index (χ2n) is 5.09. The maximum absolute atomic E-state index is 12.7. The van der Waals surface area contributed by atoms with Gasteiger partial charge in [-0.3, -0.25) is 4.90 Å². The van der Waals surface area contributed by atoms with E-state index in [-0.39, 0.29) is 0 Å². The standard InChI is InChI=1S/C11H16F3N5/c12-11(13,14)10-17-16-9-7-18(5-6-19(9)10)4-3-15-8-1-2-8/h8,15H,1-7H2. The lowest BCUT2D eigenvalue weighted by Crippen LogP contribution is -2.39. The molecule has 1 saturated carbocycles. The van der Waals surface area contributed by atoms with Crippen molar-refractivity contribution in [1.82, 2.24) is 25.0 Å². The molecule has 19 heavy (non-hydrogen) atoms. The van der Waals surface area contributed by atoms with Crippen LogP contribution in [0.1, 0.15) is 24.5 Å². The Labute approximate surface area is 108 Å². The molecule has 3 rings (SSSR count). The molecule has 1 aromatic rings. The summed E-state index contributed by atoms with van der Waals surface area (Å²) < 4.78 is 39.2. The first-order valence-corrected chi connectivity index (χ1v) is 6.49. The molecule has 106 valence electrons. The molecule has 1 aliphatic carbocycles. The Kier molecular flexibility index (Phi) is 3.22. The first-order chi connectivity index (χ1) is 9.04. The molecule has 1 aromatic heterocycles. The molecule has 1 fully saturated rings. The Morgan fingerprint density at radius 1 is 1.21 bits per heavy atom. The van der Waals surface area contributed by atoms with Crippen LogP contribution in [-0.2, 0) is 19.3 Å². The van der Waals surface area contributed by atoms with Gasteiger partial charge in [0, 0.05) is 32.2 Å². The zero-order valence-corrected chi connectivity index (χ0v) is 10.4. The first kappa shape index (κ1) is 12.9. The van der Waals surface area contributed by atoms with Gasteiger partial charge in [-0.05, 0) is 12.8 Å². The Hall–Kier alpha value is -1.15. The Morgan fingerprint density at radius 3 is 2.68 bits per heavy atom. The summed E-state index contributed by atoms with van der Waals surface area (Å²) in [6.45, 7) is 3.08. The Balaban J connectivity index is 1.59. The molecule has 0 radical (unpaired) electrons. The van der Waals surface area contributed by atoms with Crippen LogP contribution < -0.4 is 5.32 Å². The summed E-state index contributed by atoms with van der Waals surface area (Å²) in [5.41, 5.74) is 0. The third-order valence-corrected chi connectivity index (χ3v) is 3.52. The molecule has 2 heterocycles. The van der Waals surface area contributed by atoms with Gasteiger partial charge in [-0.2, -0.15) is 13.2 Å². The summed E-state index contributed by atoms with van der Waals surface area (Å²) in [4.78, 5) is 2.11. The van der Waals surface area contributed by atoms with Gasteiger partial charge < -0.3 is 9.88 Å². The van der Waals surface area contributed by atoms with E-state index in [1.54, 1.807) is 0 Å². The van der Waals surface area contributed by atoms with Crippen LogP contribution in [0.2, 0.25) is 0 Å². The average molecular weight is 275 g/mol. The minimum absolute atomic E-state index is 0.306. The van der Waals surface area contributed by atoms with Gasteiger partial charge in [0.2, 0.25) is 5.82 Å². The van der Waals surface area contributed by atoms with Crippen molar-refractivity contribution < 1.29 is 13.2 Å². The number of alkyl halides is 3. The number of hydrogen-bond donors (Lipinski definition) is 1. The van der Waals surface area contributed by atoms with E-state index in [4.69, 9.17) is 0 Å². The number of rotatable bonds is 4. The summed E-state index contributed by atoms with van der Waals surface area (Å²) >= 11 is 0. The van der Waals surface area contributed by atoms with Crippen molar-refractivity contribution in [2.75, 3.05) is 19.6 Å². The highest BCUT2D eigenvalue weighted by molar-refractivity contribution is 5.02. The molecule has 0 atom stereocenters. The van der Waals surface area contributed by atoms with Crippen molar-refractivity contribution in [3.8, 4) is 0 Å². The van der Waals surface area contributed by atoms with E-state index in [1.807, 2.05) is 0 Å². The predicted octanol–water partition coefficient (Wildman–Crippen LogP) is 0.864. The molecule has 0 aromatic carbocycles. The fourth-order valence-corrected chi connectivity index (χ4v) is 2.32. The zero-order chi connectivity index (χ0) is 13.5. The van der Waals surface area contributed by atoms with Crippen molar-refractivity contribution in [3.05, 3.63) is 11.6 Å². The van der Waals surface area contributed by atoms with Crippen LogP contribution in [0.3, 0.4) is 0 Å². The van der Waals surface area contributed by atoms with E-state index in [0.29, 0.717) is 31.5 Å². The molecule has 8 heteroatoms. The lowest BCUT2D eigenvalue weighted by Gasteiger charge is -2.27. The molecule has 2 aliphatic rings. The van der Waals surface area contributed by atoms with Crippen molar-refractivity contribution >= 4 is 0 Å². The summed E-state index contributed by atoms with van der Waals surface area (Å²) in [6.07, 6.45) is -1.94. The fourth-order valence-electron chi connectivity index (χ4n) is 2.32. The second kappa shape index (κ2) is 4.75. The van der Waals surface area contributed by atoms with Gasteiger partial charge in [0.15, 0.2) is 0 Å². The molecule has 1 aliphatic heterocycles. The number of halogens is 3. The summed E-state index contributed by atoms with van der Waals surface area (Å²) in [6, 6.07) is 0.658. The topological polar surface area (TPSA) is 46.0 Å². The van der Waals surface area contributed by atoms with Crippen LogP contribution in [0, 0.1) is 0 Å². The first-order valence-electron chi connectivity index (χ1n) is 6.49. The normalized spacial score (nSPS) is 20.6. The number of nitrogens with one attached hydrogen (secondary N) is 1. The zero-order valence-electron chi connectivity index (χ0n) is 10.4. The molecule has 0 amide bonds. The Morgan fingerprint density at radius 2 is 2.00 bits per heavy atom. The van der Waals surface area contributed by atoms with Gasteiger partial charge in [0.25, 0.3) is 0 Å². The van der Waals surface area contributed by atoms with Crippen molar-refractivity contribution in [3.63, 3.8) is 0 Å². The van der Waals surface area contributed by atoms with E-state index in [9.17, 15) is 13.2 Å². The van der Waals surface area contributed by atoms with E-state index in [1.165, 1.54) is 17.4 Å². The highest BCUT2D eigenvalue weighted by Gasteiger charge is 2.39. The Bertz CT molecular complexity index is 452. The van der Waals surface area contributed by atoms with Crippen LogP contribution in [-0.4, -0.2) is 45.3 Å². The molecule has 5 nitrogen and oxygen atoms in total. The number of aromatic nitrogens is 3. The fraction of sp³-hybridized carbons (Fsp3) is 0.818. The van der Waals surface area contributed by atoms with E-state index < -0.39 is 12.0 Å². The largest absolute Gasteiger partial charge is 0.451 e. The van der Waals surface area contributed by atoms with Crippen molar-refractivity contribution in [2.24, 2.45) is 0 Å². The van der Waals surface area contributed by atoms with Gasteiger partial charge in [-0.25, -0.2) is 0 Å². The minimum Gasteiger partial charge on any atom is -0.313 e. The molecular formula is C11H16F3N5. The number of fused-ring (bicyclic) bond motifs is 1. The van der Waals surface area contributed by atoms with Crippen molar-refractivity contribution in [1.29, 1.82) is 0 Å². The number of nitrogens with zero attached hydrogens (tertiary/aromatic N) is 4. The van der Waals surface area contributed by atoms with Gasteiger partial charge in [-0.1, -0.05) is 0 Å². The van der Waals surface area contributed by atoms with Crippen LogP contribution in [0.4, 0.5) is 13.2 Å². The van der Waals surface area contributed by atoms with Crippen LogP contribution >= 0.6 is 0 Å². The molecule has 0 unspecified atom stereocenters. The minimum atomic E-state index is -4.42. The van der Waals surface area contributed by atoms with Crippen LogP contribution in [0.15, 0.2) is 0 Å². The molecule has 0 saturated heterocycles. The molecular weight excluding hydrogens is 259 g/mol. The van der Waals surface area contributed by atoms with Gasteiger partial charge in [0.05, 0.1) is 6.54 Å². The van der Waals surface area contributed by atoms with E-state index in [0.717, 1.165) is 13.1 Å². The maximum atomic E-state index is 12.7. The third kappa shape index (κ3) is 2.89. The van der Waals surface area contributed by atoms with Gasteiger partial charge >= 0.3 is 6.18 Å². The smallest absolute Gasteiger partial charge is 0.313 e. The predicted molar refractivity (Wildman–Crippen MR) is 61.3 cm³/mol. The monoisotopic (exact) mass is 275 g/mol. The summed E-state index contributed by atoms with van der Waals surface area (Å²) in [5, 5.41) is 10.3. The van der Waals surface area contributed by atoms with E-state index >= 15 is 0 Å². The van der Waals surface area contributed by atoms with Gasteiger partial charge in [0.1, 0.15) is 5.82 Å². The third-order valence-electron chi connectivity index (χ3n) is 3.52. The quantitative estimate of drug-likeness (QED) is 0.885. The molecule has 1 N–H and O–H groups in total. The van der Waals surface area contributed by atoms with Gasteiger partial charge in [-0.15, -0.1) is 10.2 Å². The lowest BCUT2D eigenvalue weighted by atomic mass is 10.3. The summed E-state index contributed by atoms with van der Waals surface area (Å²) in [7, 11) is 0. The van der Waals surface area contributed by atoms with E-state index in [2.05, 4.69) is 20.4 Å². The highest BCUT2D eigenvalue weighted by atomic mass is 19.4. The summed E-state index contributed by atoms with van der Waals surface area (Å²) in [5.74, 6) is -0.469. The molecule has 0 spiro atoms. The molecule has 0 bridgehead atoms. The lowest BCUT2D eigenvalue weighted by molar-refractivity contribution is -0.148.